The van der Waals surface area contributed by atoms with E-state index in [2.05, 4.69) is 22.1 Å². The molecule has 0 aliphatic rings. The Hall–Kier alpha value is -1.29. The van der Waals surface area contributed by atoms with Gasteiger partial charge < -0.3 is 15.0 Å². The van der Waals surface area contributed by atoms with Gasteiger partial charge >= 0.3 is 0 Å². The Morgan fingerprint density at radius 3 is 2.69 bits per heavy atom. The number of ether oxygens (including phenoxy) is 1. The Morgan fingerprint density at radius 1 is 1.38 bits per heavy atom. The third-order valence-electron chi connectivity index (χ3n) is 2.41. The fourth-order valence-electron chi connectivity index (χ4n) is 1.54. The molecule has 4 nitrogen and oxygen atoms in total. The van der Waals surface area contributed by atoms with E-state index in [9.17, 15) is 0 Å². The first-order chi connectivity index (χ1) is 7.81. The topological polar surface area (TPSA) is 37.4 Å². The molecule has 0 aromatic carbocycles. The largest absolute Gasteiger partial charge is 0.495 e. The molecule has 1 rings (SSSR count). The molecule has 1 N–H and O–H groups in total. The van der Waals surface area contributed by atoms with Gasteiger partial charge in [0.1, 0.15) is 11.6 Å². The number of anilines is 1. The molecule has 1 aromatic rings. The number of pyridine rings is 1. The second-order valence-corrected chi connectivity index (χ2v) is 3.65. The number of rotatable bonds is 7. The molecule has 0 unspecified atom stereocenters. The minimum absolute atomic E-state index is 0.800. The van der Waals surface area contributed by atoms with Gasteiger partial charge in [-0.2, -0.15) is 0 Å². The zero-order valence-electron chi connectivity index (χ0n) is 10.4. The van der Waals surface area contributed by atoms with Crippen LogP contribution >= 0.6 is 0 Å². The first-order valence-corrected chi connectivity index (χ1v) is 5.71. The second kappa shape index (κ2) is 7.06. The molecule has 16 heavy (non-hydrogen) atoms. The van der Waals surface area contributed by atoms with Gasteiger partial charge in [-0.3, -0.25) is 0 Å². The van der Waals surface area contributed by atoms with Crippen molar-refractivity contribution in [2.24, 2.45) is 0 Å². The van der Waals surface area contributed by atoms with E-state index >= 15 is 0 Å². The van der Waals surface area contributed by atoms with Crippen LogP contribution < -0.4 is 15.0 Å². The number of methoxy groups -OCH3 is 1. The summed E-state index contributed by atoms with van der Waals surface area (Å²) >= 11 is 0. The monoisotopic (exact) mass is 223 g/mol. The minimum Gasteiger partial charge on any atom is -0.495 e. The third-order valence-corrected chi connectivity index (χ3v) is 2.41. The van der Waals surface area contributed by atoms with Crippen LogP contribution in [0.4, 0.5) is 5.82 Å². The second-order valence-electron chi connectivity index (χ2n) is 3.65. The summed E-state index contributed by atoms with van der Waals surface area (Å²) < 4.78 is 5.10. The quantitative estimate of drug-likeness (QED) is 0.760. The molecule has 0 aliphatic heterocycles. The van der Waals surface area contributed by atoms with E-state index in [1.54, 1.807) is 13.3 Å². The normalized spacial score (nSPS) is 10.2. The lowest BCUT2D eigenvalue weighted by atomic mass is 10.3. The average molecular weight is 223 g/mol. The zero-order chi connectivity index (χ0) is 11.8. The zero-order valence-corrected chi connectivity index (χ0v) is 10.4. The van der Waals surface area contributed by atoms with Gasteiger partial charge in [0, 0.05) is 19.6 Å². The molecule has 0 fully saturated rings. The minimum atomic E-state index is 0.800. The average Bonchev–Trinajstić information content (AvgIpc) is 2.35. The highest BCUT2D eigenvalue weighted by atomic mass is 16.5. The molecular weight excluding hydrogens is 202 g/mol. The predicted octanol–water partition coefficient (Wildman–Crippen LogP) is 1.53. The van der Waals surface area contributed by atoms with Crippen molar-refractivity contribution in [3.63, 3.8) is 0 Å². The van der Waals surface area contributed by atoms with E-state index in [0.29, 0.717) is 0 Å². The molecule has 4 heteroatoms. The summed E-state index contributed by atoms with van der Waals surface area (Å²) in [6, 6.07) is 3.95. The van der Waals surface area contributed by atoms with Crippen LogP contribution in [0.1, 0.15) is 13.3 Å². The highest BCUT2D eigenvalue weighted by molar-refractivity contribution is 5.40. The van der Waals surface area contributed by atoms with Gasteiger partial charge in [0.2, 0.25) is 0 Å². The standard InChI is InChI=1S/C12H21N3O/c1-4-8-15(9-7-13-2)12-6-5-11(16-3)10-14-12/h5-6,10,13H,4,7-9H2,1-3H3. The van der Waals surface area contributed by atoms with Crippen LogP contribution in [0.25, 0.3) is 0 Å². The lowest BCUT2D eigenvalue weighted by Gasteiger charge is -2.23. The number of likely N-dealkylation sites (N-methyl/N-ethyl adjacent to an activating group) is 1. The molecule has 0 radical (unpaired) electrons. The smallest absolute Gasteiger partial charge is 0.137 e. The van der Waals surface area contributed by atoms with Crippen molar-refractivity contribution >= 4 is 5.82 Å². The molecule has 0 aliphatic carbocycles. The Bertz CT molecular complexity index is 287. The van der Waals surface area contributed by atoms with Gasteiger partial charge in [-0.1, -0.05) is 6.92 Å². The summed E-state index contributed by atoms with van der Waals surface area (Å²) in [6.45, 7) is 5.15. The number of nitrogens with one attached hydrogen (secondary N) is 1. The Labute approximate surface area is 97.6 Å². The number of hydrogen-bond acceptors (Lipinski definition) is 4. The van der Waals surface area contributed by atoms with E-state index in [-0.39, 0.29) is 0 Å². The Morgan fingerprint density at radius 2 is 2.19 bits per heavy atom. The van der Waals surface area contributed by atoms with E-state index < -0.39 is 0 Å². The molecule has 1 aromatic heterocycles. The van der Waals surface area contributed by atoms with E-state index in [1.165, 1.54) is 0 Å². The SMILES string of the molecule is CCCN(CCNC)c1ccc(OC)cn1. The van der Waals surface area contributed by atoms with Gasteiger partial charge in [0.15, 0.2) is 0 Å². The van der Waals surface area contributed by atoms with Crippen molar-refractivity contribution in [1.82, 2.24) is 10.3 Å². The molecule has 0 saturated heterocycles. The molecule has 0 bridgehead atoms. The number of aromatic nitrogens is 1. The predicted molar refractivity (Wildman–Crippen MR) is 67.2 cm³/mol. The molecular formula is C12H21N3O. The van der Waals surface area contributed by atoms with Crippen molar-refractivity contribution in [1.29, 1.82) is 0 Å². The van der Waals surface area contributed by atoms with Gasteiger partial charge in [0.05, 0.1) is 13.3 Å². The van der Waals surface area contributed by atoms with Crippen LogP contribution in [0.5, 0.6) is 5.75 Å². The van der Waals surface area contributed by atoms with Crippen molar-refractivity contribution < 1.29 is 4.74 Å². The van der Waals surface area contributed by atoms with Gasteiger partial charge in [-0.05, 0) is 25.6 Å². The van der Waals surface area contributed by atoms with Gasteiger partial charge in [-0.25, -0.2) is 4.98 Å². The highest BCUT2D eigenvalue weighted by Gasteiger charge is 2.05. The lowest BCUT2D eigenvalue weighted by Crippen LogP contribution is -2.32. The van der Waals surface area contributed by atoms with Crippen molar-refractivity contribution in [3.8, 4) is 5.75 Å². The fourth-order valence-corrected chi connectivity index (χ4v) is 1.54. The molecule has 0 spiro atoms. The summed E-state index contributed by atoms with van der Waals surface area (Å²) in [5, 5.41) is 3.15. The van der Waals surface area contributed by atoms with Crippen molar-refractivity contribution in [3.05, 3.63) is 18.3 Å². The first-order valence-electron chi connectivity index (χ1n) is 5.71. The fraction of sp³-hybridized carbons (Fsp3) is 0.583. The van der Waals surface area contributed by atoms with Crippen LogP contribution in [0.2, 0.25) is 0 Å². The van der Waals surface area contributed by atoms with E-state index in [0.717, 1.165) is 37.6 Å². The summed E-state index contributed by atoms with van der Waals surface area (Å²) in [5.74, 6) is 1.81. The van der Waals surface area contributed by atoms with Crippen LogP contribution in [0, 0.1) is 0 Å². The van der Waals surface area contributed by atoms with Crippen LogP contribution in [0.15, 0.2) is 18.3 Å². The van der Waals surface area contributed by atoms with Gasteiger partial charge in [0.25, 0.3) is 0 Å². The highest BCUT2D eigenvalue weighted by Crippen LogP contribution is 2.15. The maximum Gasteiger partial charge on any atom is 0.137 e. The number of hydrogen-bond donors (Lipinski definition) is 1. The van der Waals surface area contributed by atoms with Crippen LogP contribution in [-0.4, -0.2) is 38.8 Å². The molecule has 90 valence electrons. The lowest BCUT2D eigenvalue weighted by molar-refractivity contribution is 0.413. The Balaban J connectivity index is 2.67. The first kappa shape index (κ1) is 12.8. The van der Waals surface area contributed by atoms with Crippen LogP contribution in [-0.2, 0) is 0 Å². The van der Waals surface area contributed by atoms with E-state index in [1.807, 2.05) is 19.2 Å². The molecule has 0 amide bonds. The van der Waals surface area contributed by atoms with E-state index in [4.69, 9.17) is 4.74 Å². The van der Waals surface area contributed by atoms with Crippen molar-refractivity contribution in [2.45, 2.75) is 13.3 Å². The summed E-state index contributed by atoms with van der Waals surface area (Å²) in [4.78, 5) is 6.67. The van der Waals surface area contributed by atoms with Crippen molar-refractivity contribution in [2.75, 3.05) is 38.7 Å². The molecule has 0 saturated carbocycles. The Kier molecular flexibility index (Phi) is 5.64. The van der Waals surface area contributed by atoms with Gasteiger partial charge in [-0.15, -0.1) is 0 Å². The summed E-state index contributed by atoms with van der Waals surface area (Å²) in [5.41, 5.74) is 0. The third kappa shape index (κ3) is 3.70. The summed E-state index contributed by atoms with van der Waals surface area (Å²) in [7, 11) is 3.62. The number of nitrogens with zero attached hydrogens (tertiary/aromatic N) is 2. The summed E-state index contributed by atoms with van der Waals surface area (Å²) in [6.07, 6.45) is 2.88. The molecule has 1 heterocycles. The molecule has 0 atom stereocenters. The maximum absolute atomic E-state index is 5.10. The van der Waals surface area contributed by atoms with Crippen LogP contribution in [0.3, 0.4) is 0 Å². The maximum atomic E-state index is 5.10.